The summed E-state index contributed by atoms with van der Waals surface area (Å²) in [5.41, 5.74) is 3.25. The number of carbonyl (C=O) groups excluding carboxylic acids is 2. The average Bonchev–Trinajstić information content (AvgIpc) is 3.24. The van der Waals surface area contributed by atoms with Crippen LogP contribution in [0.4, 0.5) is 0 Å². The van der Waals surface area contributed by atoms with Crippen molar-refractivity contribution in [1.29, 1.82) is 0 Å². The molecule has 6 nitrogen and oxygen atoms in total. The summed E-state index contributed by atoms with van der Waals surface area (Å²) in [5.74, 6) is -0.692. The lowest BCUT2D eigenvalue weighted by atomic mass is 9.95. The van der Waals surface area contributed by atoms with E-state index in [0.717, 1.165) is 21.6 Å². The van der Waals surface area contributed by atoms with Gasteiger partial charge in [-0.2, -0.15) is 0 Å². The van der Waals surface area contributed by atoms with Crippen molar-refractivity contribution in [3.63, 3.8) is 0 Å². The normalized spacial score (nSPS) is 18.3. The molecule has 1 atom stereocenters. The summed E-state index contributed by atoms with van der Waals surface area (Å²) >= 11 is 1.48. The van der Waals surface area contributed by atoms with E-state index in [1.54, 1.807) is 25.2 Å². The molecule has 3 rings (SSSR count). The Morgan fingerprint density at radius 2 is 1.87 bits per heavy atom. The summed E-state index contributed by atoms with van der Waals surface area (Å²) in [5, 5.41) is 13.2. The molecule has 1 aromatic heterocycles. The highest BCUT2D eigenvalue weighted by atomic mass is 32.1. The van der Waals surface area contributed by atoms with Gasteiger partial charge in [0.25, 0.3) is 11.7 Å². The third-order valence-corrected chi connectivity index (χ3v) is 6.51. The first-order valence-electron chi connectivity index (χ1n) is 9.78. The Balaban J connectivity index is 2.17. The Kier molecular flexibility index (Phi) is 6.63. The van der Waals surface area contributed by atoms with Crippen molar-refractivity contribution in [1.82, 2.24) is 4.90 Å². The Morgan fingerprint density at radius 3 is 2.47 bits per heavy atom. The van der Waals surface area contributed by atoms with Crippen LogP contribution in [0.3, 0.4) is 0 Å². The summed E-state index contributed by atoms with van der Waals surface area (Å²) in [7, 11) is 3.19. The number of ketones is 1. The van der Waals surface area contributed by atoms with Crippen LogP contribution in [0.25, 0.3) is 5.76 Å². The molecule has 0 radical (unpaired) electrons. The number of rotatable bonds is 7. The summed E-state index contributed by atoms with van der Waals surface area (Å²) in [6.07, 6.45) is 0.602. The van der Waals surface area contributed by atoms with E-state index in [1.165, 1.54) is 11.3 Å². The van der Waals surface area contributed by atoms with E-state index in [2.05, 4.69) is 0 Å². The minimum Gasteiger partial charge on any atom is -0.507 e. The van der Waals surface area contributed by atoms with Crippen LogP contribution in [0.1, 0.15) is 39.6 Å². The predicted octanol–water partition coefficient (Wildman–Crippen LogP) is 4.14. The number of methoxy groups -OCH3 is 2. The molecule has 7 heteroatoms. The summed E-state index contributed by atoms with van der Waals surface area (Å²) < 4.78 is 10.5. The molecule has 1 N–H and O–H groups in total. The minimum absolute atomic E-state index is 0.135. The van der Waals surface area contributed by atoms with E-state index in [0.29, 0.717) is 30.9 Å². The number of carbonyl (C=O) groups is 2. The highest BCUT2D eigenvalue weighted by Crippen LogP contribution is 2.43. The van der Waals surface area contributed by atoms with Gasteiger partial charge in [-0.3, -0.25) is 9.59 Å². The molecule has 0 saturated carbocycles. The van der Waals surface area contributed by atoms with Crippen LogP contribution in [-0.4, -0.2) is 49.1 Å². The van der Waals surface area contributed by atoms with Gasteiger partial charge in [0.15, 0.2) is 0 Å². The van der Waals surface area contributed by atoms with Gasteiger partial charge in [-0.05, 0) is 67.5 Å². The number of hydrogen-bond acceptors (Lipinski definition) is 6. The molecule has 160 valence electrons. The first-order chi connectivity index (χ1) is 14.3. The highest BCUT2D eigenvalue weighted by molar-refractivity contribution is 7.10. The Labute approximate surface area is 180 Å². The van der Waals surface area contributed by atoms with Crippen molar-refractivity contribution in [2.24, 2.45) is 0 Å². The second kappa shape index (κ2) is 9.02. The van der Waals surface area contributed by atoms with Crippen molar-refractivity contribution < 1.29 is 24.2 Å². The number of aryl methyl sites for hydroxylation is 3. The van der Waals surface area contributed by atoms with Crippen LogP contribution in [0.15, 0.2) is 29.2 Å². The SMILES string of the molecule is COCCCN1C(=O)C(=O)/C(=C(/O)c2cc(C)c(OC)cc2C)C1c1sccc1C. The Bertz CT molecular complexity index is 1010. The first kappa shape index (κ1) is 22.1. The fourth-order valence-corrected chi connectivity index (χ4v) is 4.88. The molecule has 2 aromatic rings. The molecule has 1 aliphatic rings. The molecule has 0 bridgehead atoms. The van der Waals surface area contributed by atoms with Crippen LogP contribution < -0.4 is 4.74 Å². The molecule has 1 unspecified atom stereocenters. The van der Waals surface area contributed by atoms with Crippen LogP contribution >= 0.6 is 11.3 Å². The number of amides is 1. The van der Waals surface area contributed by atoms with E-state index in [4.69, 9.17) is 9.47 Å². The number of nitrogens with zero attached hydrogens (tertiary/aromatic N) is 1. The van der Waals surface area contributed by atoms with Crippen LogP contribution in [0, 0.1) is 20.8 Å². The zero-order valence-corrected chi connectivity index (χ0v) is 18.8. The lowest BCUT2D eigenvalue weighted by Gasteiger charge is -2.25. The van der Waals surface area contributed by atoms with Crippen LogP contribution in [0.5, 0.6) is 5.75 Å². The number of hydrogen-bond donors (Lipinski definition) is 1. The lowest BCUT2D eigenvalue weighted by molar-refractivity contribution is -0.140. The zero-order chi connectivity index (χ0) is 22.0. The molecule has 1 aliphatic heterocycles. The van der Waals surface area contributed by atoms with Crippen molar-refractivity contribution in [2.45, 2.75) is 33.2 Å². The monoisotopic (exact) mass is 429 g/mol. The number of likely N-dealkylation sites (tertiary alicyclic amines) is 1. The largest absolute Gasteiger partial charge is 0.507 e. The molecular weight excluding hydrogens is 402 g/mol. The maximum atomic E-state index is 13.0. The van der Waals surface area contributed by atoms with E-state index < -0.39 is 17.7 Å². The molecule has 1 amide bonds. The summed E-state index contributed by atoms with van der Waals surface area (Å²) in [4.78, 5) is 28.4. The van der Waals surface area contributed by atoms with E-state index >= 15 is 0 Å². The van der Waals surface area contributed by atoms with Gasteiger partial charge in [0.1, 0.15) is 11.5 Å². The average molecular weight is 430 g/mol. The number of aliphatic hydroxyl groups is 1. The summed E-state index contributed by atoms with van der Waals surface area (Å²) in [6.45, 7) is 6.52. The van der Waals surface area contributed by atoms with Gasteiger partial charge < -0.3 is 19.5 Å². The van der Waals surface area contributed by atoms with Crippen molar-refractivity contribution in [3.05, 3.63) is 56.3 Å². The second-order valence-corrected chi connectivity index (χ2v) is 8.39. The Morgan fingerprint density at radius 1 is 1.13 bits per heavy atom. The first-order valence-corrected chi connectivity index (χ1v) is 10.7. The predicted molar refractivity (Wildman–Crippen MR) is 117 cm³/mol. The molecule has 0 aliphatic carbocycles. The molecule has 30 heavy (non-hydrogen) atoms. The van der Waals surface area contributed by atoms with Crippen LogP contribution in [-0.2, 0) is 14.3 Å². The van der Waals surface area contributed by atoms with Gasteiger partial charge >= 0.3 is 0 Å². The highest BCUT2D eigenvalue weighted by Gasteiger charge is 2.46. The lowest BCUT2D eigenvalue weighted by Crippen LogP contribution is -2.31. The van der Waals surface area contributed by atoms with Gasteiger partial charge in [0.05, 0.1) is 18.7 Å². The number of aliphatic hydroxyl groups excluding tert-OH is 1. The Hall–Kier alpha value is -2.64. The molecule has 0 spiro atoms. The van der Waals surface area contributed by atoms with Gasteiger partial charge in [-0.15, -0.1) is 11.3 Å². The van der Waals surface area contributed by atoms with Crippen molar-refractivity contribution >= 4 is 28.8 Å². The third-order valence-electron chi connectivity index (χ3n) is 5.43. The molecular formula is C23H27NO5S. The van der Waals surface area contributed by atoms with E-state index in [-0.39, 0.29) is 11.3 Å². The van der Waals surface area contributed by atoms with Crippen molar-refractivity contribution in [2.75, 3.05) is 27.4 Å². The van der Waals surface area contributed by atoms with Crippen molar-refractivity contribution in [3.8, 4) is 5.75 Å². The van der Waals surface area contributed by atoms with E-state index in [9.17, 15) is 14.7 Å². The van der Waals surface area contributed by atoms with E-state index in [1.807, 2.05) is 38.3 Å². The number of benzene rings is 1. The molecule has 1 aromatic carbocycles. The second-order valence-electron chi connectivity index (χ2n) is 7.44. The van der Waals surface area contributed by atoms with Gasteiger partial charge in [0, 0.05) is 30.7 Å². The zero-order valence-electron chi connectivity index (χ0n) is 17.9. The van der Waals surface area contributed by atoms with Gasteiger partial charge in [-0.1, -0.05) is 0 Å². The molecule has 1 saturated heterocycles. The fraction of sp³-hybridized carbons (Fsp3) is 0.391. The molecule has 1 fully saturated rings. The smallest absolute Gasteiger partial charge is 0.295 e. The van der Waals surface area contributed by atoms with Gasteiger partial charge in [-0.25, -0.2) is 0 Å². The maximum Gasteiger partial charge on any atom is 0.295 e. The maximum absolute atomic E-state index is 13.0. The number of ether oxygens (including phenoxy) is 2. The summed E-state index contributed by atoms with van der Waals surface area (Å²) in [6, 6.07) is 4.96. The van der Waals surface area contributed by atoms with Gasteiger partial charge in [0.2, 0.25) is 0 Å². The fourth-order valence-electron chi connectivity index (χ4n) is 3.84. The minimum atomic E-state index is -0.657. The standard InChI is InChI=1S/C23H27NO5S/c1-13-7-10-30-22(13)19-18(21(26)23(27)24(19)8-6-9-28-4)20(25)16-11-15(3)17(29-5)12-14(16)2/h7,10-12,19,25H,6,8-9H2,1-5H3/b20-18+. The quantitative estimate of drug-likeness (QED) is 0.310. The topological polar surface area (TPSA) is 76.1 Å². The number of Topliss-reactive ketones (excluding diaryl/α,β-unsaturated/α-hetero) is 1. The van der Waals surface area contributed by atoms with Crippen LogP contribution in [0.2, 0.25) is 0 Å². The molecule has 2 heterocycles. The third kappa shape index (κ3) is 3.87. The number of thiophene rings is 1.